The van der Waals surface area contributed by atoms with Gasteiger partial charge in [-0.25, -0.2) is 4.79 Å². The highest BCUT2D eigenvalue weighted by Gasteiger charge is 2.22. The molecule has 1 unspecified atom stereocenters. The second-order valence-corrected chi connectivity index (χ2v) is 7.80. The lowest BCUT2D eigenvalue weighted by molar-refractivity contribution is -0.141. The molecule has 0 fully saturated rings. The highest BCUT2D eigenvalue weighted by Crippen LogP contribution is 2.30. The summed E-state index contributed by atoms with van der Waals surface area (Å²) in [6, 6.07) is 11.7. The first-order valence-corrected chi connectivity index (χ1v) is 9.65. The molecule has 0 bridgehead atoms. The van der Waals surface area contributed by atoms with Crippen molar-refractivity contribution in [3.8, 4) is 11.5 Å². The molecule has 1 atom stereocenters. The summed E-state index contributed by atoms with van der Waals surface area (Å²) in [7, 11) is 2.92. The number of nitrogens with one attached hydrogen (secondary N) is 1. The molecule has 2 aromatic carbocycles. The minimum Gasteiger partial charge on any atom is -0.497 e. The number of carbonyl (C=O) groups is 1. The first kappa shape index (κ1) is 22.8. The van der Waals surface area contributed by atoms with E-state index in [1.807, 2.05) is 20.8 Å². The van der Waals surface area contributed by atoms with Crippen LogP contribution in [0.3, 0.4) is 0 Å². The number of carbonyl (C=O) groups excluding carboxylic acids is 1. The van der Waals surface area contributed by atoms with Gasteiger partial charge in [-0.3, -0.25) is 0 Å². The topological polar surface area (TPSA) is 66.0 Å². The second-order valence-electron chi connectivity index (χ2n) is 7.36. The normalized spacial score (nSPS) is 12.2. The summed E-state index contributed by atoms with van der Waals surface area (Å²) in [6.07, 6.45) is 0. The first-order valence-electron chi connectivity index (χ1n) is 9.27. The molecule has 0 heterocycles. The van der Waals surface area contributed by atoms with Crippen LogP contribution in [-0.2, 0) is 14.3 Å². The highest BCUT2D eigenvalue weighted by atomic mass is 35.5. The number of halogens is 1. The van der Waals surface area contributed by atoms with E-state index in [9.17, 15) is 4.79 Å². The quantitative estimate of drug-likeness (QED) is 0.460. The van der Waals surface area contributed by atoms with Gasteiger partial charge in [-0.2, -0.15) is 0 Å². The van der Waals surface area contributed by atoms with Gasteiger partial charge in [0.1, 0.15) is 18.1 Å². The van der Waals surface area contributed by atoms with Crippen LogP contribution in [0.25, 0.3) is 0 Å². The number of hydrogen-bond donors (Lipinski definition) is 1. The number of hydrogen-bond acceptors (Lipinski definition) is 6. The van der Waals surface area contributed by atoms with Gasteiger partial charge in [0.15, 0.2) is 6.04 Å². The van der Waals surface area contributed by atoms with Crippen LogP contribution in [0, 0.1) is 0 Å². The molecular formula is C22H28ClNO5. The molecule has 0 saturated carbocycles. The molecule has 0 amide bonds. The maximum absolute atomic E-state index is 12.3. The van der Waals surface area contributed by atoms with Crippen LogP contribution in [0.5, 0.6) is 11.5 Å². The molecule has 158 valence electrons. The van der Waals surface area contributed by atoms with Gasteiger partial charge in [-0.15, -0.1) is 0 Å². The molecule has 0 spiro atoms. The Morgan fingerprint density at radius 2 is 1.69 bits per heavy atom. The monoisotopic (exact) mass is 421 g/mol. The SMILES string of the molecule is COC(=O)C(Nc1cc(OC)cc(OCCOC(C)(C)C)c1)c1ccc(Cl)cc1. The minimum absolute atomic E-state index is 0.225. The summed E-state index contributed by atoms with van der Waals surface area (Å²) in [4.78, 5) is 12.3. The van der Waals surface area contributed by atoms with E-state index in [0.29, 0.717) is 35.4 Å². The number of esters is 1. The van der Waals surface area contributed by atoms with Crippen molar-refractivity contribution in [1.29, 1.82) is 0 Å². The fourth-order valence-corrected chi connectivity index (χ4v) is 2.71. The van der Waals surface area contributed by atoms with Crippen LogP contribution in [0.15, 0.2) is 42.5 Å². The molecule has 0 radical (unpaired) electrons. The first-order chi connectivity index (χ1) is 13.7. The molecule has 2 aromatic rings. The molecule has 29 heavy (non-hydrogen) atoms. The molecule has 0 aliphatic heterocycles. The van der Waals surface area contributed by atoms with E-state index < -0.39 is 12.0 Å². The van der Waals surface area contributed by atoms with E-state index in [0.717, 1.165) is 5.56 Å². The van der Waals surface area contributed by atoms with Gasteiger partial charge in [0.05, 0.1) is 26.4 Å². The van der Waals surface area contributed by atoms with Crippen LogP contribution < -0.4 is 14.8 Å². The number of anilines is 1. The van der Waals surface area contributed by atoms with Gasteiger partial charge in [0, 0.05) is 28.9 Å². The Labute approximate surface area is 177 Å². The zero-order chi connectivity index (χ0) is 21.4. The maximum Gasteiger partial charge on any atom is 0.332 e. The average Bonchev–Trinajstić information content (AvgIpc) is 2.69. The molecule has 1 N–H and O–H groups in total. The lowest BCUT2D eigenvalue weighted by Crippen LogP contribution is -2.23. The van der Waals surface area contributed by atoms with Gasteiger partial charge in [-0.05, 0) is 38.5 Å². The zero-order valence-electron chi connectivity index (χ0n) is 17.5. The largest absolute Gasteiger partial charge is 0.497 e. The molecule has 7 heteroatoms. The van der Waals surface area contributed by atoms with Crippen molar-refractivity contribution < 1.29 is 23.7 Å². The van der Waals surface area contributed by atoms with Crippen LogP contribution in [0.4, 0.5) is 5.69 Å². The molecule has 0 saturated heterocycles. The number of methoxy groups -OCH3 is 2. The minimum atomic E-state index is -0.707. The number of benzene rings is 2. The van der Waals surface area contributed by atoms with E-state index in [-0.39, 0.29) is 5.60 Å². The van der Waals surface area contributed by atoms with E-state index in [4.69, 9.17) is 30.5 Å². The van der Waals surface area contributed by atoms with Crippen molar-refractivity contribution in [3.63, 3.8) is 0 Å². The van der Waals surface area contributed by atoms with Crippen LogP contribution >= 0.6 is 11.6 Å². The summed E-state index contributed by atoms with van der Waals surface area (Å²) in [5.41, 5.74) is 1.16. The molecule has 0 aromatic heterocycles. The Kier molecular flexibility index (Phi) is 8.17. The molecular weight excluding hydrogens is 394 g/mol. The lowest BCUT2D eigenvalue weighted by atomic mass is 10.1. The van der Waals surface area contributed by atoms with Crippen molar-refractivity contribution in [2.75, 3.05) is 32.8 Å². The van der Waals surface area contributed by atoms with Gasteiger partial charge in [0.2, 0.25) is 0 Å². The summed E-state index contributed by atoms with van der Waals surface area (Å²) in [5.74, 6) is 0.779. The number of ether oxygens (including phenoxy) is 4. The fourth-order valence-electron chi connectivity index (χ4n) is 2.58. The van der Waals surface area contributed by atoms with E-state index >= 15 is 0 Å². The third-order valence-corrected chi connectivity index (χ3v) is 4.21. The Bertz CT molecular complexity index is 802. The molecule has 0 aliphatic carbocycles. The van der Waals surface area contributed by atoms with Crippen molar-refractivity contribution in [2.45, 2.75) is 32.4 Å². The van der Waals surface area contributed by atoms with Crippen LogP contribution in [0.2, 0.25) is 5.02 Å². The lowest BCUT2D eigenvalue weighted by Gasteiger charge is -2.21. The number of rotatable bonds is 9. The predicted octanol–water partition coefficient (Wildman–Crippen LogP) is 4.87. The maximum atomic E-state index is 12.3. The molecule has 0 aliphatic rings. The third-order valence-electron chi connectivity index (χ3n) is 3.95. The van der Waals surface area contributed by atoms with Gasteiger partial charge < -0.3 is 24.3 Å². The van der Waals surface area contributed by atoms with Crippen LogP contribution in [0.1, 0.15) is 32.4 Å². The van der Waals surface area contributed by atoms with Gasteiger partial charge >= 0.3 is 5.97 Å². The van der Waals surface area contributed by atoms with Crippen molar-refractivity contribution >= 4 is 23.3 Å². The summed E-state index contributed by atoms with van der Waals surface area (Å²) in [6.45, 7) is 6.82. The third kappa shape index (κ3) is 7.48. The highest BCUT2D eigenvalue weighted by molar-refractivity contribution is 6.30. The summed E-state index contributed by atoms with van der Waals surface area (Å²) < 4.78 is 21.8. The Hall–Kier alpha value is -2.44. The smallest absolute Gasteiger partial charge is 0.332 e. The van der Waals surface area contributed by atoms with Gasteiger partial charge in [0.25, 0.3) is 0 Å². The molecule has 2 rings (SSSR count). The predicted molar refractivity (Wildman–Crippen MR) is 114 cm³/mol. The average molecular weight is 422 g/mol. The Balaban J connectivity index is 2.18. The molecule has 6 nitrogen and oxygen atoms in total. The Morgan fingerprint density at radius 1 is 1.03 bits per heavy atom. The van der Waals surface area contributed by atoms with E-state index in [1.165, 1.54) is 7.11 Å². The zero-order valence-corrected chi connectivity index (χ0v) is 18.2. The summed E-state index contributed by atoms with van der Waals surface area (Å²) in [5, 5.41) is 3.78. The summed E-state index contributed by atoms with van der Waals surface area (Å²) >= 11 is 5.96. The van der Waals surface area contributed by atoms with Crippen molar-refractivity contribution in [1.82, 2.24) is 0 Å². The van der Waals surface area contributed by atoms with E-state index in [1.54, 1.807) is 49.6 Å². The standard InChI is InChI=1S/C22H28ClNO5/c1-22(2,3)29-11-10-28-19-13-17(12-18(14-19)26-4)24-20(21(25)27-5)15-6-8-16(23)9-7-15/h6-9,12-14,20,24H,10-11H2,1-5H3. The van der Waals surface area contributed by atoms with E-state index in [2.05, 4.69) is 5.32 Å². The van der Waals surface area contributed by atoms with Crippen molar-refractivity contribution in [2.24, 2.45) is 0 Å². The Morgan fingerprint density at radius 3 is 2.28 bits per heavy atom. The fraction of sp³-hybridized carbons (Fsp3) is 0.409. The second kappa shape index (κ2) is 10.4. The van der Waals surface area contributed by atoms with Crippen LogP contribution in [-0.4, -0.2) is 39.0 Å². The van der Waals surface area contributed by atoms with Crippen molar-refractivity contribution in [3.05, 3.63) is 53.1 Å². The van der Waals surface area contributed by atoms with Gasteiger partial charge in [-0.1, -0.05) is 23.7 Å².